The molecule has 3 rings (SSSR count). The zero-order valence-electron chi connectivity index (χ0n) is 16.1. The monoisotopic (exact) mass is 393 g/mol. The summed E-state index contributed by atoms with van der Waals surface area (Å²) >= 11 is 6.39. The van der Waals surface area contributed by atoms with Crippen LogP contribution in [0.1, 0.15) is 28.3 Å². The van der Waals surface area contributed by atoms with E-state index in [1.807, 2.05) is 68.4 Å². The summed E-state index contributed by atoms with van der Waals surface area (Å²) in [5.41, 5.74) is 4.93. The fraction of sp³-hybridized carbons (Fsp3) is 0.217. The molecule has 5 heteroatoms. The average molecular weight is 394 g/mol. The van der Waals surface area contributed by atoms with Crippen molar-refractivity contribution in [1.29, 1.82) is 0 Å². The van der Waals surface area contributed by atoms with E-state index in [-0.39, 0.29) is 5.91 Å². The maximum absolute atomic E-state index is 13.0. The molecule has 28 heavy (non-hydrogen) atoms. The number of hydrogen-bond donors (Lipinski definition) is 2. The van der Waals surface area contributed by atoms with E-state index < -0.39 is 6.04 Å². The highest BCUT2D eigenvalue weighted by molar-refractivity contribution is 6.33. The minimum atomic E-state index is -0.529. The molecule has 0 fully saturated rings. The highest BCUT2D eigenvalue weighted by Gasteiger charge is 2.22. The first-order chi connectivity index (χ1) is 13.5. The van der Waals surface area contributed by atoms with Crippen LogP contribution in [-0.2, 0) is 11.2 Å². The fourth-order valence-electron chi connectivity index (χ4n) is 3.07. The maximum atomic E-state index is 13.0. The topological polar surface area (TPSA) is 54.0 Å². The van der Waals surface area contributed by atoms with Gasteiger partial charge in [0.15, 0.2) is 0 Å². The Hall–Kier alpha value is -2.85. The fourth-order valence-corrected chi connectivity index (χ4v) is 3.36. The summed E-state index contributed by atoms with van der Waals surface area (Å²) in [6.45, 7) is 4.54. The molecule has 1 amide bonds. The van der Waals surface area contributed by atoms with E-state index in [1.165, 1.54) is 0 Å². The van der Waals surface area contributed by atoms with Gasteiger partial charge < -0.3 is 10.6 Å². The molecule has 2 N–H and O–H groups in total. The van der Waals surface area contributed by atoms with Gasteiger partial charge in [-0.05, 0) is 66.8 Å². The number of carbonyl (C=O) groups excluding carboxylic acids is 1. The van der Waals surface area contributed by atoms with E-state index in [4.69, 9.17) is 11.6 Å². The third-order valence-electron chi connectivity index (χ3n) is 4.65. The number of aromatic nitrogens is 1. The van der Waals surface area contributed by atoms with Crippen LogP contribution in [0, 0.1) is 13.8 Å². The van der Waals surface area contributed by atoms with Crippen LogP contribution in [0.25, 0.3) is 0 Å². The number of nitrogens with one attached hydrogen (secondary N) is 2. The molecule has 0 spiro atoms. The van der Waals surface area contributed by atoms with Crippen molar-refractivity contribution >= 4 is 23.2 Å². The zero-order chi connectivity index (χ0) is 19.9. The van der Waals surface area contributed by atoms with Crippen LogP contribution in [0.2, 0.25) is 5.02 Å². The molecule has 0 radical (unpaired) electrons. The molecule has 0 aliphatic heterocycles. The Labute approximate surface area is 171 Å². The molecular weight excluding hydrogens is 370 g/mol. The molecule has 0 bridgehead atoms. The van der Waals surface area contributed by atoms with Crippen molar-refractivity contribution in [3.63, 3.8) is 0 Å². The van der Waals surface area contributed by atoms with Crippen LogP contribution in [-0.4, -0.2) is 17.4 Å². The second kappa shape index (κ2) is 9.38. The first-order valence-electron chi connectivity index (χ1n) is 9.29. The number of pyridine rings is 1. The predicted octanol–water partition coefficient (Wildman–Crippen LogP) is 4.86. The van der Waals surface area contributed by atoms with Crippen LogP contribution in [0.5, 0.6) is 0 Å². The van der Waals surface area contributed by atoms with Gasteiger partial charge in [-0.2, -0.15) is 0 Å². The molecule has 1 heterocycles. The molecule has 0 aliphatic rings. The largest absolute Gasteiger partial charge is 0.369 e. The van der Waals surface area contributed by atoms with Gasteiger partial charge in [0, 0.05) is 18.9 Å². The second-order valence-electron chi connectivity index (χ2n) is 6.81. The number of aryl methyl sites for hydroxylation is 2. The van der Waals surface area contributed by atoms with Gasteiger partial charge in [0.1, 0.15) is 6.04 Å². The van der Waals surface area contributed by atoms with Gasteiger partial charge in [-0.1, -0.05) is 41.9 Å². The van der Waals surface area contributed by atoms with Crippen LogP contribution in [0.4, 0.5) is 5.69 Å². The van der Waals surface area contributed by atoms with E-state index >= 15 is 0 Å². The average Bonchev–Trinajstić information content (AvgIpc) is 2.69. The van der Waals surface area contributed by atoms with Gasteiger partial charge >= 0.3 is 0 Å². The number of carbonyl (C=O) groups is 1. The van der Waals surface area contributed by atoms with E-state index in [2.05, 4.69) is 15.6 Å². The van der Waals surface area contributed by atoms with Crippen molar-refractivity contribution in [1.82, 2.24) is 10.3 Å². The molecular formula is C23H24ClN3O. The van der Waals surface area contributed by atoms with Crippen molar-refractivity contribution in [2.45, 2.75) is 26.3 Å². The lowest BCUT2D eigenvalue weighted by molar-refractivity contribution is -0.121. The van der Waals surface area contributed by atoms with E-state index in [9.17, 15) is 4.79 Å². The Morgan fingerprint density at radius 2 is 1.82 bits per heavy atom. The SMILES string of the molecule is Cc1ccc(N[C@H](C(=O)NCCc2ccncc2)c2ccccc2C)c(Cl)c1. The Kier molecular flexibility index (Phi) is 6.66. The summed E-state index contributed by atoms with van der Waals surface area (Å²) in [5.74, 6) is -0.0833. The molecule has 144 valence electrons. The predicted molar refractivity (Wildman–Crippen MR) is 115 cm³/mol. The first-order valence-corrected chi connectivity index (χ1v) is 9.67. The van der Waals surface area contributed by atoms with Crippen molar-refractivity contribution in [2.24, 2.45) is 0 Å². The summed E-state index contributed by atoms with van der Waals surface area (Å²) in [6, 6.07) is 17.0. The van der Waals surface area contributed by atoms with Gasteiger partial charge in [0.2, 0.25) is 5.91 Å². The van der Waals surface area contributed by atoms with Crippen molar-refractivity contribution < 1.29 is 4.79 Å². The van der Waals surface area contributed by atoms with Crippen LogP contribution >= 0.6 is 11.6 Å². The normalized spacial score (nSPS) is 11.7. The minimum Gasteiger partial charge on any atom is -0.369 e. The molecule has 2 aromatic carbocycles. The number of hydrogen-bond acceptors (Lipinski definition) is 3. The highest BCUT2D eigenvalue weighted by atomic mass is 35.5. The van der Waals surface area contributed by atoms with Gasteiger partial charge in [-0.15, -0.1) is 0 Å². The molecule has 3 aromatic rings. The van der Waals surface area contributed by atoms with Gasteiger partial charge in [-0.3, -0.25) is 9.78 Å². The zero-order valence-corrected chi connectivity index (χ0v) is 16.8. The van der Waals surface area contributed by atoms with Crippen LogP contribution in [0.15, 0.2) is 67.0 Å². The third-order valence-corrected chi connectivity index (χ3v) is 4.96. The van der Waals surface area contributed by atoms with Crippen molar-refractivity contribution in [3.8, 4) is 0 Å². The van der Waals surface area contributed by atoms with Gasteiger partial charge in [0.05, 0.1) is 10.7 Å². The smallest absolute Gasteiger partial charge is 0.247 e. The third kappa shape index (κ3) is 5.11. The van der Waals surface area contributed by atoms with E-state index in [0.29, 0.717) is 11.6 Å². The summed E-state index contributed by atoms with van der Waals surface area (Å²) in [7, 11) is 0. The summed E-state index contributed by atoms with van der Waals surface area (Å²) < 4.78 is 0. The minimum absolute atomic E-state index is 0.0833. The molecule has 1 atom stereocenters. The summed E-state index contributed by atoms with van der Waals surface area (Å²) in [5, 5.41) is 6.97. The molecule has 0 aliphatic carbocycles. The Morgan fingerprint density at radius 3 is 2.54 bits per heavy atom. The number of halogens is 1. The maximum Gasteiger partial charge on any atom is 0.247 e. The second-order valence-corrected chi connectivity index (χ2v) is 7.22. The number of benzene rings is 2. The number of rotatable bonds is 7. The molecule has 0 saturated carbocycles. The van der Waals surface area contributed by atoms with Gasteiger partial charge in [0.25, 0.3) is 0 Å². The highest BCUT2D eigenvalue weighted by Crippen LogP contribution is 2.28. The first kappa shape index (κ1) is 19.9. The summed E-state index contributed by atoms with van der Waals surface area (Å²) in [4.78, 5) is 17.1. The van der Waals surface area contributed by atoms with Crippen molar-refractivity contribution in [3.05, 3.63) is 94.3 Å². The lowest BCUT2D eigenvalue weighted by Crippen LogP contribution is -2.35. The number of anilines is 1. The van der Waals surface area contributed by atoms with Crippen LogP contribution < -0.4 is 10.6 Å². The molecule has 0 unspecified atom stereocenters. The molecule has 1 aromatic heterocycles. The molecule has 0 saturated heterocycles. The van der Waals surface area contributed by atoms with E-state index in [0.717, 1.165) is 34.4 Å². The van der Waals surface area contributed by atoms with Crippen molar-refractivity contribution in [2.75, 3.05) is 11.9 Å². The van der Waals surface area contributed by atoms with Gasteiger partial charge in [-0.25, -0.2) is 0 Å². The summed E-state index contributed by atoms with van der Waals surface area (Å²) in [6.07, 6.45) is 4.27. The molecule has 4 nitrogen and oxygen atoms in total. The Bertz CT molecular complexity index is 944. The standard InChI is InChI=1S/C23H24ClN3O/c1-16-7-8-21(20(24)15-16)27-22(19-6-4-3-5-17(19)2)23(28)26-14-11-18-9-12-25-13-10-18/h3-10,12-13,15,22,27H,11,14H2,1-2H3,(H,26,28)/t22-/m0/s1. The number of nitrogens with zero attached hydrogens (tertiary/aromatic N) is 1. The quantitative estimate of drug-likeness (QED) is 0.602. The lowest BCUT2D eigenvalue weighted by atomic mass is 10.00. The lowest BCUT2D eigenvalue weighted by Gasteiger charge is -2.22. The van der Waals surface area contributed by atoms with Crippen LogP contribution in [0.3, 0.4) is 0 Å². The van der Waals surface area contributed by atoms with E-state index in [1.54, 1.807) is 12.4 Å². The Balaban J connectivity index is 1.77. The Morgan fingerprint density at radius 1 is 1.07 bits per heavy atom. The number of amides is 1.